The molecule has 160 valence electrons. The molecular formula is C22H29ClN6O. The van der Waals surface area contributed by atoms with Crippen LogP contribution in [-0.2, 0) is 4.79 Å². The molecular weight excluding hydrogens is 400 g/mol. The Hall–Kier alpha value is -2.25. The van der Waals surface area contributed by atoms with E-state index in [-0.39, 0.29) is 11.8 Å². The van der Waals surface area contributed by atoms with Gasteiger partial charge in [0.05, 0.1) is 29.0 Å². The van der Waals surface area contributed by atoms with Crippen molar-refractivity contribution in [3.8, 4) is 11.3 Å². The standard InChI is InChI=1S/C22H29ClN6O/c23-18-12-27-20(29-22(30)16-7-4-8-24-11-16)9-17(18)19-13-25-14-21(28-19)26-10-15-5-2-1-3-6-15/h9,12-16,24H,1-8,10-11H2,(H,26,28)(H,27,29,30)/t16-/m1/s1. The molecule has 1 aliphatic carbocycles. The van der Waals surface area contributed by atoms with E-state index >= 15 is 0 Å². The number of hydrogen-bond acceptors (Lipinski definition) is 6. The van der Waals surface area contributed by atoms with Gasteiger partial charge in [0.2, 0.25) is 5.91 Å². The Balaban J connectivity index is 1.45. The topological polar surface area (TPSA) is 91.8 Å². The van der Waals surface area contributed by atoms with E-state index in [2.05, 4.69) is 30.9 Å². The number of carbonyl (C=O) groups is 1. The molecule has 2 aliphatic rings. The average molecular weight is 429 g/mol. The van der Waals surface area contributed by atoms with Crippen LogP contribution in [-0.4, -0.2) is 40.5 Å². The van der Waals surface area contributed by atoms with E-state index in [1.165, 1.54) is 32.1 Å². The highest BCUT2D eigenvalue weighted by Gasteiger charge is 2.21. The number of carbonyl (C=O) groups excluding carboxylic acids is 1. The first kappa shape index (κ1) is 21.0. The molecule has 1 saturated heterocycles. The zero-order chi connectivity index (χ0) is 20.8. The van der Waals surface area contributed by atoms with Crippen LogP contribution in [0.25, 0.3) is 11.3 Å². The molecule has 30 heavy (non-hydrogen) atoms. The summed E-state index contributed by atoms with van der Waals surface area (Å²) in [6, 6.07) is 1.77. The van der Waals surface area contributed by atoms with Crippen LogP contribution in [0.2, 0.25) is 5.02 Å². The molecule has 2 fully saturated rings. The van der Waals surface area contributed by atoms with Crippen molar-refractivity contribution in [2.45, 2.75) is 44.9 Å². The monoisotopic (exact) mass is 428 g/mol. The van der Waals surface area contributed by atoms with Gasteiger partial charge in [0.15, 0.2) is 0 Å². The van der Waals surface area contributed by atoms with Gasteiger partial charge in [-0.25, -0.2) is 9.97 Å². The summed E-state index contributed by atoms with van der Waals surface area (Å²) in [6.45, 7) is 2.59. The molecule has 1 atom stereocenters. The Bertz CT molecular complexity index is 864. The molecule has 3 heterocycles. The van der Waals surface area contributed by atoms with Gasteiger partial charge in [-0.15, -0.1) is 0 Å². The smallest absolute Gasteiger partial charge is 0.229 e. The molecule has 0 unspecified atom stereocenters. The maximum Gasteiger partial charge on any atom is 0.229 e. The second kappa shape index (κ2) is 10.2. The first-order valence-electron chi connectivity index (χ1n) is 10.9. The van der Waals surface area contributed by atoms with Crippen molar-refractivity contribution in [3.63, 3.8) is 0 Å². The van der Waals surface area contributed by atoms with E-state index in [1.54, 1.807) is 24.7 Å². The lowest BCUT2D eigenvalue weighted by Crippen LogP contribution is -2.37. The van der Waals surface area contributed by atoms with E-state index in [9.17, 15) is 4.79 Å². The molecule has 0 aromatic carbocycles. The molecule has 4 rings (SSSR count). The van der Waals surface area contributed by atoms with Crippen molar-refractivity contribution in [2.75, 3.05) is 30.3 Å². The number of aromatic nitrogens is 3. The van der Waals surface area contributed by atoms with Crippen LogP contribution >= 0.6 is 11.6 Å². The van der Waals surface area contributed by atoms with Crippen molar-refractivity contribution >= 4 is 29.1 Å². The van der Waals surface area contributed by atoms with Crippen molar-refractivity contribution < 1.29 is 4.79 Å². The second-order valence-electron chi connectivity index (χ2n) is 8.26. The molecule has 0 bridgehead atoms. The van der Waals surface area contributed by atoms with Gasteiger partial charge in [-0.2, -0.15) is 0 Å². The number of rotatable bonds is 6. The van der Waals surface area contributed by atoms with E-state index < -0.39 is 0 Å². The van der Waals surface area contributed by atoms with Crippen LogP contribution in [0.3, 0.4) is 0 Å². The first-order valence-corrected chi connectivity index (χ1v) is 11.3. The van der Waals surface area contributed by atoms with Gasteiger partial charge in [-0.05, 0) is 44.2 Å². The molecule has 8 heteroatoms. The number of nitrogens with zero attached hydrogens (tertiary/aromatic N) is 3. The Labute approximate surface area is 182 Å². The van der Waals surface area contributed by atoms with Crippen molar-refractivity contribution in [1.29, 1.82) is 0 Å². The Morgan fingerprint density at radius 2 is 1.97 bits per heavy atom. The van der Waals surface area contributed by atoms with Crippen molar-refractivity contribution in [2.24, 2.45) is 11.8 Å². The molecule has 3 N–H and O–H groups in total. The highest BCUT2D eigenvalue weighted by molar-refractivity contribution is 6.33. The van der Waals surface area contributed by atoms with Gasteiger partial charge in [0, 0.05) is 24.8 Å². The summed E-state index contributed by atoms with van der Waals surface area (Å²) in [5.74, 6) is 1.87. The minimum absolute atomic E-state index is 0.0167. The number of nitrogens with one attached hydrogen (secondary N) is 3. The lowest BCUT2D eigenvalue weighted by molar-refractivity contribution is -0.120. The van der Waals surface area contributed by atoms with Gasteiger partial charge < -0.3 is 16.0 Å². The van der Waals surface area contributed by atoms with Crippen molar-refractivity contribution in [1.82, 2.24) is 20.3 Å². The summed E-state index contributed by atoms with van der Waals surface area (Å²) in [5.41, 5.74) is 1.36. The zero-order valence-electron chi connectivity index (χ0n) is 17.2. The minimum Gasteiger partial charge on any atom is -0.368 e. The minimum atomic E-state index is -0.0354. The van der Waals surface area contributed by atoms with Crippen LogP contribution in [0.15, 0.2) is 24.7 Å². The van der Waals surface area contributed by atoms with Crippen LogP contribution in [0.1, 0.15) is 44.9 Å². The Morgan fingerprint density at radius 1 is 1.10 bits per heavy atom. The third-order valence-electron chi connectivity index (χ3n) is 5.98. The number of piperidine rings is 1. The quantitative estimate of drug-likeness (QED) is 0.640. The Morgan fingerprint density at radius 3 is 2.77 bits per heavy atom. The van der Waals surface area contributed by atoms with Crippen LogP contribution in [0.4, 0.5) is 11.6 Å². The largest absolute Gasteiger partial charge is 0.368 e. The Kier molecular flexibility index (Phi) is 7.12. The SMILES string of the molecule is O=C(Nc1cc(-c2cncc(NCC3CCCCC3)n2)c(Cl)cn1)[C@@H]1CCCNC1. The fourth-order valence-corrected chi connectivity index (χ4v) is 4.43. The third-order valence-corrected chi connectivity index (χ3v) is 6.28. The first-order chi connectivity index (χ1) is 14.7. The van der Waals surface area contributed by atoms with Gasteiger partial charge in [0.25, 0.3) is 0 Å². The summed E-state index contributed by atoms with van der Waals surface area (Å²) >= 11 is 6.39. The molecule has 1 saturated carbocycles. The van der Waals surface area contributed by atoms with Gasteiger partial charge in [0.1, 0.15) is 11.6 Å². The summed E-state index contributed by atoms with van der Waals surface area (Å²) in [5, 5.41) is 10.1. The normalized spacial score (nSPS) is 20.0. The predicted molar refractivity (Wildman–Crippen MR) is 120 cm³/mol. The highest BCUT2D eigenvalue weighted by Crippen LogP contribution is 2.29. The van der Waals surface area contributed by atoms with E-state index in [4.69, 9.17) is 11.6 Å². The lowest BCUT2D eigenvalue weighted by Gasteiger charge is -2.22. The van der Waals surface area contributed by atoms with E-state index in [0.29, 0.717) is 34.6 Å². The summed E-state index contributed by atoms with van der Waals surface area (Å²) in [6.07, 6.45) is 13.4. The lowest BCUT2D eigenvalue weighted by atomic mass is 9.89. The maximum absolute atomic E-state index is 12.5. The fraction of sp³-hybridized carbons (Fsp3) is 0.545. The number of pyridine rings is 1. The van der Waals surface area contributed by atoms with Crippen LogP contribution in [0.5, 0.6) is 0 Å². The van der Waals surface area contributed by atoms with Gasteiger partial charge in [-0.1, -0.05) is 30.9 Å². The number of anilines is 2. The van der Waals surface area contributed by atoms with E-state index in [1.807, 2.05) is 0 Å². The summed E-state index contributed by atoms with van der Waals surface area (Å²) < 4.78 is 0. The fourth-order valence-electron chi connectivity index (χ4n) is 4.23. The van der Waals surface area contributed by atoms with Crippen LogP contribution < -0.4 is 16.0 Å². The second-order valence-corrected chi connectivity index (χ2v) is 8.66. The predicted octanol–water partition coefficient (Wildman–Crippen LogP) is 4.12. The third kappa shape index (κ3) is 5.46. The maximum atomic E-state index is 12.5. The van der Waals surface area contributed by atoms with Crippen molar-refractivity contribution in [3.05, 3.63) is 29.7 Å². The van der Waals surface area contributed by atoms with E-state index in [0.717, 1.165) is 31.7 Å². The molecule has 0 spiro atoms. The molecule has 2 aromatic rings. The molecule has 1 aliphatic heterocycles. The van der Waals surface area contributed by atoms with Crippen LogP contribution in [0, 0.1) is 11.8 Å². The highest BCUT2D eigenvalue weighted by atomic mass is 35.5. The zero-order valence-corrected chi connectivity index (χ0v) is 17.9. The molecule has 0 radical (unpaired) electrons. The molecule has 1 amide bonds. The molecule has 7 nitrogen and oxygen atoms in total. The van der Waals surface area contributed by atoms with Gasteiger partial charge in [-0.3, -0.25) is 9.78 Å². The number of halogens is 1. The average Bonchev–Trinajstić information content (AvgIpc) is 2.80. The summed E-state index contributed by atoms with van der Waals surface area (Å²) in [7, 11) is 0. The summed E-state index contributed by atoms with van der Waals surface area (Å²) in [4.78, 5) is 25.8. The van der Waals surface area contributed by atoms with Gasteiger partial charge >= 0.3 is 0 Å². The number of amides is 1. The molecule has 2 aromatic heterocycles. The number of hydrogen-bond donors (Lipinski definition) is 3.